The lowest BCUT2D eigenvalue weighted by molar-refractivity contribution is 0.0793. The maximum atomic E-state index is 12.8. The van der Waals surface area contributed by atoms with Crippen LogP contribution in [-0.4, -0.2) is 55.0 Å². The molecular formula is C32H34N2O2S. The number of ether oxygens (including phenoxy) is 1. The Kier molecular flexibility index (Phi) is 7.25. The van der Waals surface area contributed by atoms with Crippen molar-refractivity contribution in [3.8, 4) is 16.2 Å². The van der Waals surface area contributed by atoms with E-state index >= 15 is 0 Å². The maximum absolute atomic E-state index is 12.8. The Bertz CT molecular complexity index is 1350. The lowest BCUT2D eigenvalue weighted by Gasteiger charge is -2.15. The average Bonchev–Trinajstić information content (AvgIpc) is 3.72. The number of carbonyl (C=O) groups excluding carboxylic acids is 1. The first-order chi connectivity index (χ1) is 18.2. The zero-order chi connectivity index (χ0) is 25.0. The molecule has 0 unspecified atom stereocenters. The van der Waals surface area contributed by atoms with Crippen LogP contribution in [0.2, 0.25) is 0 Å². The SMILES string of the molecule is O=C(c1ccc(Cc2c(-c3ccc(OCCN4CCCC4)cc3)sc3ccccc23)cc1)N1CCCC1. The number of thiophene rings is 1. The van der Waals surface area contributed by atoms with E-state index in [4.69, 9.17) is 4.74 Å². The number of carbonyl (C=O) groups is 1. The molecule has 0 radical (unpaired) electrons. The van der Waals surface area contributed by atoms with E-state index in [1.165, 1.54) is 57.6 Å². The van der Waals surface area contributed by atoms with Gasteiger partial charge in [0.05, 0.1) is 0 Å². The van der Waals surface area contributed by atoms with Crippen LogP contribution in [-0.2, 0) is 6.42 Å². The highest BCUT2D eigenvalue weighted by molar-refractivity contribution is 7.22. The van der Waals surface area contributed by atoms with Crippen molar-refractivity contribution in [2.45, 2.75) is 32.1 Å². The molecule has 0 bridgehead atoms. The van der Waals surface area contributed by atoms with Crippen molar-refractivity contribution in [1.82, 2.24) is 9.80 Å². The quantitative estimate of drug-likeness (QED) is 0.259. The summed E-state index contributed by atoms with van der Waals surface area (Å²) in [6.07, 6.45) is 5.69. The summed E-state index contributed by atoms with van der Waals surface area (Å²) >= 11 is 1.85. The lowest BCUT2D eigenvalue weighted by atomic mass is 9.98. The van der Waals surface area contributed by atoms with Crippen LogP contribution in [0.25, 0.3) is 20.5 Å². The maximum Gasteiger partial charge on any atom is 0.253 e. The van der Waals surface area contributed by atoms with E-state index < -0.39 is 0 Å². The number of likely N-dealkylation sites (tertiary alicyclic amines) is 2. The largest absolute Gasteiger partial charge is 0.492 e. The average molecular weight is 511 g/mol. The number of hydrogen-bond donors (Lipinski definition) is 0. The summed E-state index contributed by atoms with van der Waals surface area (Å²) in [5, 5.41) is 1.31. The molecule has 1 amide bonds. The molecule has 3 aromatic carbocycles. The van der Waals surface area contributed by atoms with E-state index in [-0.39, 0.29) is 5.91 Å². The van der Waals surface area contributed by atoms with E-state index in [9.17, 15) is 4.79 Å². The molecule has 190 valence electrons. The first-order valence-electron chi connectivity index (χ1n) is 13.6. The third-order valence-corrected chi connectivity index (χ3v) is 8.93. The van der Waals surface area contributed by atoms with Gasteiger partial charge in [0.15, 0.2) is 0 Å². The molecule has 0 atom stereocenters. The third-order valence-electron chi connectivity index (χ3n) is 7.66. The molecule has 2 saturated heterocycles. The highest BCUT2D eigenvalue weighted by atomic mass is 32.1. The summed E-state index contributed by atoms with van der Waals surface area (Å²) in [4.78, 5) is 18.5. The molecule has 0 saturated carbocycles. The summed E-state index contributed by atoms with van der Waals surface area (Å²) in [6.45, 7) is 5.91. The van der Waals surface area contributed by atoms with E-state index in [2.05, 4.69) is 65.6 Å². The Balaban J connectivity index is 1.20. The third kappa shape index (κ3) is 5.43. The Morgan fingerprint density at radius 3 is 2.27 bits per heavy atom. The van der Waals surface area contributed by atoms with Crippen molar-refractivity contribution in [2.75, 3.05) is 39.3 Å². The van der Waals surface area contributed by atoms with Crippen molar-refractivity contribution < 1.29 is 9.53 Å². The van der Waals surface area contributed by atoms with E-state index in [1.807, 2.05) is 28.4 Å². The van der Waals surface area contributed by atoms with Crippen molar-refractivity contribution in [2.24, 2.45) is 0 Å². The zero-order valence-electron chi connectivity index (χ0n) is 21.3. The molecule has 1 aromatic heterocycles. The predicted molar refractivity (Wildman–Crippen MR) is 153 cm³/mol. The summed E-state index contributed by atoms with van der Waals surface area (Å²) in [6, 6.07) is 25.5. The van der Waals surface area contributed by atoms with Gasteiger partial charge in [-0.25, -0.2) is 0 Å². The fraction of sp³-hybridized carbons (Fsp3) is 0.344. The van der Waals surface area contributed by atoms with Crippen molar-refractivity contribution in [3.05, 3.63) is 89.5 Å². The van der Waals surface area contributed by atoms with Gasteiger partial charge in [0.2, 0.25) is 0 Å². The molecule has 4 nitrogen and oxygen atoms in total. The number of amides is 1. The molecule has 6 rings (SSSR count). The topological polar surface area (TPSA) is 32.8 Å². The van der Waals surface area contributed by atoms with Gasteiger partial charge in [-0.3, -0.25) is 9.69 Å². The van der Waals surface area contributed by atoms with Crippen LogP contribution in [0.4, 0.5) is 0 Å². The summed E-state index contributed by atoms with van der Waals surface area (Å²) < 4.78 is 7.35. The normalized spacial score (nSPS) is 16.1. The smallest absolute Gasteiger partial charge is 0.253 e. The van der Waals surface area contributed by atoms with Crippen molar-refractivity contribution in [1.29, 1.82) is 0 Å². The Labute approximate surface area is 223 Å². The second-order valence-electron chi connectivity index (χ2n) is 10.2. The van der Waals surface area contributed by atoms with E-state index in [1.54, 1.807) is 0 Å². The fourth-order valence-electron chi connectivity index (χ4n) is 5.58. The van der Waals surface area contributed by atoms with Crippen LogP contribution in [0.15, 0.2) is 72.8 Å². The Morgan fingerprint density at radius 2 is 1.51 bits per heavy atom. The minimum absolute atomic E-state index is 0.161. The van der Waals surface area contributed by atoms with Crippen LogP contribution >= 0.6 is 11.3 Å². The molecule has 0 N–H and O–H groups in total. The Morgan fingerprint density at radius 1 is 0.811 bits per heavy atom. The lowest BCUT2D eigenvalue weighted by Crippen LogP contribution is -2.27. The minimum atomic E-state index is 0.161. The number of hydrogen-bond acceptors (Lipinski definition) is 4. The van der Waals surface area contributed by atoms with Crippen LogP contribution in [0.1, 0.15) is 47.2 Å². The second kappa shape index (κ2) is 11.1. The fourth-order valence-corrected chi connectivity index (χ4v) is 6.81. The van der Waals surface area contributed by atoms with Crippen LogP contribution in [0, 0.1) is 0 Å². The summed E-state index contributed by atoms with van der Waals surface area (Å²) in [5.41, 5.74) is 4.59. The van der Waals surface area contributed by atoms with Gasteiger partial charge in [0, 0.05) is 34.8 Å². The van der Waals surface area contributed by atoms with Crippen LogP contribution in [0.5, 0.6) is 5.75 Å². The first-order valence-corrected chi connectivity index (χ1v) is 14.4. The molecule has 4 aromatic rings. The van der Waals surface area contributed by atoms with Gasteiger partial charge in [-0.05, 0) is 110 Å². The van der Waals surface area contributed by atoms with E-state index in [0.717, 1.165) is 56.8 Å². The second-order valence-corrected chi connectivity index (χ2v) is 11.3. The summed E-state index contributed by atoms with van der Waals surface area (Å²) in [7, 11) is 0. The number of benzene rings is 3. The monoisotopic (exact) mass is 510 g/mol. The van der Waals surface area contributed by atoms with Crippen LogP contribution in [0.3, 0.4) is 0 Å². The molecule has 0 spiro atoms. The number of rotatable bonds is 8. The molecule has 2 fully saturated rings. The highest BCUT2D eigenvalue weighted by Gasteiger charge is 2.20. The van der Waals surface area contributed by atoms with Crippen molar-refractivity contribution >= 4 is 27.3 Å². The molecular weight excluding hydrogens is 476 g/mol. The van der Waals surface area contributed by atoms with E-state index in [0.29, 0.717) is 0 Å². The van der Waals surface area contributed by atoms with Gasteiger partial charge in [0.1, 0.15) is 12.4 Å². The van der Waals surface area contributed by atoms with Gasteiger partial charge >= 0.3 is 0 Å². The predicted octanol–water partition coefficient (Wildman–Crippen LogP) is 6.87. The molecule has 37 heavy (non-hydrogen) atoms. The van der Waals surface area contributed by atoms with Gasteiger partial charge in [-0.15, -0.1) is 11.3 Å². The zero-order valence-corrected chi connectivity index (χ0v) is 22.1. The molecule has 2 aliphatic rings. The molecule has 3 heterocycles. The molecule has 0 aliphatic carbocycles. The molecule has 2 aliphatic heterocycles. The standard InChI is InChI=1S/C32H34N2O2S/c35-32(34-19-5-6-20-34)26-11-9-24(10-12-26)23-29-28-7-1-2-8-30(28)37-31(29)25-13-15-27(16-14-25)36-22-21-33-17-3-4-18-33/h1-2,7-16H,3-6,17-23H2. The van der Waals surface area contributed by atoms with Gasteiger partial charge in [-0.2, -0.15) is 0 Å². The van der Waals surface area contributed by atoms with Gasteiger partial charge < -0.3 is 9.64 Å². The molecule has 5 heteroatoms. The number of nitrogens with zero attached hydrogens (tertiary/aromatic N) is 2. The Hall–Kier alpha value is -3.15. The van der Waals surface area contributed by atoms with Gasteiger partial charge in [-0.1, -0.05) is 30.3 Å². The highest BCUT2D eigenvalue weighted by Crippen LogP contribution is 2.40. The minimum Gasteiger partial charge on any atom is -0.492 e. The van der Waals surface area contributed by atoms with Crippen molar-refractivity contribution in [3.63, 3.8) is 0 Å². The van der Waals surface area contributed by atoms with Gasteiger partial charge in [0.25, 0.3) is 5.91 Å². The first kappa shape index (κ1) is 24.2. The van der Waals surface area contributed by atoms with Crippen LogP contribution < -0.4 is 4.74 Å². The number of fused-ring (bicyclic) bond motifs is 1. The summed E-state index contributed by atoms with van der Waals surface area (Å²) in [5.74, 6) is 1.09.